The van der Waals surface area contributed by atoms with Gasteiger partial charge in [0.25, 0.3) is 0 Å². The van der Waals surface area contributed by atoms with Gasteiger partial charge < -0.3 is 11.1 Å². The molecule has 0 radical (unpaired) electrons. The normalized spacial score (nSPS) is 10.7. The lowest BCUT2D eigenvalue weighted by Gasteiger charge is -2.10. The molecule has 0 fully saturated rings. The van der Waals surface area contributed by atoms with Gasteiger partial charge in [0.05, 0.1) is 6.42 Å². The number of rotatable bonds is 5. The zero-order chi connectivity index (χ0) is 15.2. The summed E-state index contributed by atoms with van der Waals surface area (Å²) < 4.78 is 0. The molecular formula is C18H22N2O. The minimum Gasteiger partial charge on any atom is -0.326 e. The number of carbonyl (C=O) groups excluding carboxylic acids is 1. The van der Waals surface area contributed by atoms with E-state index in [0.717, 1.165) is 16.8 Å². The van der Waals surface area contributed by atoms with Gasteiger partial charge >= 0.3 is 0 Å². The van der Waals surface area contributed by atoms with Crippen LogP contribution in [0.1, 0.15) is 36.5 Å². The third kappa shape index (κ3) is 4.43. The maximum atomic E-state index is 12.1. The molecule has 0 aromatic heterocycles. The Labute approximate surface area is 126 Å². The molecule has 0 aliphatic heterocycles. The summed E-state index contributed by atoms with van der Waals surface area (Å²) in [6.45, 7) is 4.80. The van der Waals surface area contributed by atoms with E-state index in [-0.39, 0.29) is 5.91 Å². The number of benzene rings is 2. The van der Waals surface area contributed by atoms with Gasteiger partial charge in [-0.05, 0) is 34.7 Å². The monoisotopic (exact) mass is 282 g/mol. The van der Waals surface area contributed by atoms with Crippen molar-refractivity contribution in [3.05, 3.63) is 65.2 Å². The van der Waals surface area contributed by atoms with Crippen LogP contribution in [0.25, 0.3) is 0 Å². The first-order valence-corrected chi connectivity index (χ1v) is 7.26. The fraction of sp³-hybridized carbons (Fsp3) is 0.278. The van der Waals surface area contributed by atoms with Gasteiger partial charge in [-0.2, -0.15) is 0 Å². The fourth-order valence-corrected chi connectivity index (χ4v) is 2.16. The molecule has 0 atom stereocenters. The zero-order valence-electron chi connectivity index (χ0n) is 12.6. The molecule has 1 amide bonds. The number of carbonyl (C=O) groups is 1. The predicted molar refractivity (Wildman–Crippen MR) is 87.2 cm³/mol. The van der Waals surface area contributed by atoms with Crippen LogP contribution in [-0.2, 0) is 17.8 Å². The highest BCUT2D eigenvalue weighted by Gasteiger charge is 2.06. The molecular weight excluding hydrogens is 260 g/mol. The van der Waals surface area contributed by atoms with Crippen molar-refractivity contribution in [2.45, 2.75) is 32.7 Å². The standard InChI is InChI=1S/C18H22N2O/c1-13(2)16-4-3-5-17(11-16)20-18(21)10-14-6-8-15(12-19)9-7-14/h3-9,11,13H,10,12,19H2,1-2H3,(H,20,21). The summed E-state index contributed by atoms with van der Waals surface area (Å²) in [6, 6.07) is 15.8. The van der Waals surface area contributed by atoms with E-state index >= 15 is 0 Å². The van der Waals surface area contributed by atoms with Gasteiger partial charge in [-0.15, -0.1) is 0 Å². The van der Waals surface area contributed by atoms with E-state index in [9.17, 15) is 4.79 Å². The Balaban J connectivity index is 1.99. The Bertz CT molecular complexity index is 603. The molecule has 0 saturated heterocycles. The lowest BCUT2D eigenvalue weighted by atomic mass is 10.0. The maximum Gasteiger partial charge on any atom is 0.228 e. The topological polar surface area (TPSA) is 55.1 Å². The van der Waals surface area contributed by atoms with Crippen LogP contribution in [-0.4, -0.2) is 5.91 Å². The average Bonchev–Trinajstić information content (AvgIpc) is 2.48. The second-order valence-corrected chi connectivity index (χ2v) is 5.53. The molecule has 21 heavy (non-hydrogen) atoms. The Morgan fingerprint density at radius 1 is 1.10 bits per heavy atom. The summed E-state index contributed by atoms with van der Waals surface area (Å²) in [6.07, 6.45) is 0.372. The van der Waals surface area contributed by atoms with Gasteiger partial charge in [-0.1, -0.05) is 50.2 Å². The summed E-state index contributed by atoms with van der Waals surface area (Å²) in [5.74, 6) is 0.446. The highest BCUT2D eigenvalue weighted by Crippen LogP contribution is 2.18. The van der Waals surface area contributed by atoms with Crippen LogP contribution < -0.4 is 11.1 Å². The highest BCUT2D eigenvalue weighted by molar-refractivity contribution is 5.92. The Morgan fingerprint density at radius 3 is 2.38 bits per heavy atom. The molecule has 0 aliphatic carbocycles. The largest absolute Gasteiger partial charge is 0.326 e. The van der Waals surface area contributed by atoms with E-state index < -0.39 is 0 Å². The van der Waals surface area contributed by atoms with Gasteiger partial charge in [0.1, 0.15) is 0 Å². The second kappa shape index (κ2) is 7.04. The van der Waals surface area contributed by atoms with Crippen LogP contribution >= 0.6 is 0 Å². The molecule has 110 valence electrons. The van der Waals surface area contributed by atoms with E-state index in [1.807, 2.05) is 42.5 Å². The highest BCUT2D eigenvalue weighted by atomic mass is 16.1. The van der Waals surface area contributed by atoms with E-state index in [1.54, 1.807) is 0 Å². The van der Waals surface area contributed by atoms with E-state index in [1.165, 1.54) is 5.56 Å². The molecule has 3 N–H and O–H groups in total. The molecule has 3 heteroatoms. The average molecular weight is 282 g/mol. The third-order valence-electron chi connectivity index (χ3n) is 3.46. The van der Waals surface area contributed by atoms with E-state index in [0.29, 0.717) is 18.9 Å². The number of anilines is 1. The van der Waals surface area contributed by atoms with Crippen LogP contribution in [0.3, 0.4) is 0 Å². The van der Waals surface area contributed by atoms with Gasteiger partial charge in [0, 0.05) is 12.2 Å². The van der Waals surface area contributed by atoms with Crippen molar-refractivity contribution < 1.29 is 4.79 Å². The molecule has 0 aliphatic rings. The Kier molecular flexibility index (Phi) is 5.12. The molecule has 2 rings (SSSR count). The minimum absolute atomic E-state index is 0.00333. The predicted octanol–water partition coefficient (Wildman–Crippen LogP) is 3.45. The first kappa shape index (κ1) is 15.3. The van der Waals surface area contributed by atoms with Crippen molar-refractivity contribution in [1.29, 1.82) is 0 Å². The van der Waals surface area contributed by atoms with Gasteiger partial charge in [0.2, 0.25) is 5.91 Å². The molecule has 3 nitrogen and oxygen atoms in total. The van der Waals surface area contributed by atoms with E-state index in [2.05, 4.69) is 25.2 Å². The summed E-state index contributed by atoms with van der Waals surface area (Å²) in [7, 11) is 0. The van der Waals surface area contributed by atoms with Crippen LogP contribution in [0.5, 0.6) is 0 Å². The summed E-state index contributed by atoms with van der Waals surface area (Å²) in [5, 5.41) is 2.95. The van der Waals surface area contributed by atoms with Crippen molar-refractivity contribution in [3.63, 3.8) is 0 Å². The van der Waals surface area contributed by atoms with Crippen molar-refractivity contribution in [2.24, 2.45) is 5.73 Å². The van der Waals surface area contributed by atoms with Crippen molar-refractivity contribution in [1.82, 2.24) is 0 Å². The fourth-order valence-electron chi connectivity index (χ4n) is 2.16. The quantitative estimate of drug-likeness (QED) is 0.882. The van der Waals surface area contributed by atoms with Crippen molar-refractivity contribution in [3.8, 4) is 0 Å². The summed E-state index contributed by atoms with van der Waals surface area (Å²) in [5.41, 5.74) is 9.70. The Morgan fingerprint density at radius 2 is 1.76 bits per heavy atom. The van der Waals surface area contributed by atoms with Crippen LogP contribution in [0.4, 0.5) is 5.69 Å². The van der Waals surface area contributed by atoms with E-state index in [4.69, 9.17) is 5.73 Å². The first-order chi connectivity index (χ1) is 10.1. The third-order valence-corrected chi connectivity index (χ3v) is 3.46. The molecule has 0 unspecified atom stereocenters. The number of hydrogen-bond acceptors (Lipinski definition) is 2. The van der Waals surface area contributed by atoms with Gasteiger partial charge in [-0.25, -0.2) is 0 Å². The summed E-state index contributed by atoms with van der Waals surface area (Å²) >= 11 is 0. The number of amides is 1. The SMILES string of the molecule is CC(C)c1cccc(NC(=O)Cc2ccc(CN)cc2)c1. The van der Waals surface area contributed by atoms with Crippen LogP contribution in [0, 0.1) is 0 Å². The first-order valence-electron chi connectivity index (χ1n) is 7.26. The molecule has 0 saturated carbocycles. The number of hydrogen-bond donors (Lipinski definition) is 2. The molecule has 2 aromatic carbocycles. The van der Waals surface area contributed by atoms with Crippen LogP contribution in [0.2, 0.25) is 0 Å². The zero-order valence-corrected chi connectivity index (χ0v) is 12.6. The lowest BCUT2D eigenvalue weighted by Crippen LogP contribution is -2.14. The molecule has 0 heterocycles. The smallest absolute Gasteiger partial charge is 0.228 e. The van der Waals surface area contributed by atoms with Gasteiger partial charge in [-0.3, -0.25) is 4.79 Å². The second-order valence-electron chi connectivity index (χ2n) is 5.53. The summed E-state index contributed by atoms with van der Waals surface area (Å²) in [4.78, 5) is 12.1. The maximum absolute atomic E-state index is 12.1. The molecule has 2 aromatic rings. The number of nitrogens with two attached hydrogens (primary N) is 1. The van der Waals surface area contributed by atoms with Crippen LogP contribution in [0.15, 0.2) is 48.5 Å². The molecule has 0 bridgehead atoms. The Hall–Kier alpha value is -2.13. The minimum atomic E-state index is -0.00333. The van der Waals surface area contributed by atoms with Crippen molar-refractivity contribution in [2.75, 3.05) is 5.32 Å². The van der Waals surface area contributed by atoms with Gasteiger partial charge in [0.15, 0.2) is 0 Å². The molecule has 0 spiro atoms. The van der Waals surface area contributed by atoms with Crippen molar-refractivity contribution >= 4 is 11.6 Å². The lowest BCUT2D eigenvalue weighted by molar-refractivity contribution is -0.115. The number of nitrogens with one attached hydrogen (secondary N) is 1.